The molecule has 0 aliphatic heterocycles. The van der Waals surface area contributed by atoms with Gasteiger partial charge >= 0.3 is 5.97 Å². The molecule has 1 fully saturated rings. The average molecular weight is 262 g/mol. The highest BCUT2D eigenvalue weighted by Gasteiger charge is 2.21. The van der Waals surface area contributed by atoms with Crippen LogP contribution in [0.25, 0.3) is 0 Å². The van der Waals surface area contributed by atoms with Gasteiger partial charge in [0.1, 0.15) is 11.4 Å². The molecule has 5 heteroatoms. The number of aromatic carboxylic acids is 1. The Morgan fingerprint density at radius 2 is 2.05 bits per heavy atom. The fraction of sp³-hybridized carbons (Fsp3) is 0.500. The first-order valence-corrected chi connectivity index (χ1v) is 6.57. The third kappa shape index (κ3) is 3.53. The van der Waals surface area contributed by atoms with E-state index >= 15 is 0 Å². The molecular formula is C14H18N2O3. The van der Waals surface area contributed by atoms with E-state index in [1.807, 2.05) is 0 Å². The molecule has 0 radical (unpaired) electrons. The monoisotopic (exact) mass is 262 g/mol. The highest BCUT2D eigenvalue weighted by Crippen LogP contribution is 2.23. The molecule has 1 amide bonds. The second kappa shape index (κ2) is 5.82. The Morgan fingerprint density at radius 3 is 2.74 bits per heavy atom. The average Bonchev–Trinajstić information content (AvgIpc) is 2.39. The summed E-state index contributed by atoms with van der Waals surface area (Å²) in [4.78, 5) is 26.7. The van der Waals surface area contributed by atoms with Crippen LogP contribution >= 0.6 is 0 Å². The van der Waals surface area contributed by atoms with Crippen LogP contribution < -0.4 is 5.32 Å². The topological polar surface area (TPSA) is 79.3 Å². The minimum Gasteiger partial charge on any atom is -0.477 e. The summed E-state index contributed by atoms with van der Waals surface area (Å²) >= 11 is 0. The van der Waals surface area contributed by atoms with Crippen molar-refractivity contribution in [1.82, 2.24) is 10.3 Å². The van der Waals surface area contributed by atoms with E-state index < -0.39 is 5.97 Å². The molecule has 2 atom stereocenters. The van der Waals surface area contributed by atoms with Crippen LogP contribution in [0.3, 0.4) is 0 Å². The molecule has 2 rings (SSSR count). The van der Waals surface area contributed by atoms with Gasteiger partial charge in [0.15, 0.2) is 0 Å². The Kier molecular flexibility index (Phi) is 4.14. The van der Waals surface area contributed by atoms with E-state index in [9.17, 15) is 9.59 Å². The number of nitrogens with one attached hydrogen (secondary N) is 1. The van der Waals surface area contributed by atoms with E-state index in [1.165, 1.54) is 24.6 Å². The van der Waals surface area contributed by atoms with Crippen LogP contribution in [0.2, 0.25) is 0 Å². The van der Waals surface area contributed by atoms with Crippen LogP contribution in [-0.4, -0.2) is 28.0 Å². The van der Waals surface area contributed by atoms with Gasteiger partial charge in [0.25, 0.3) is 5.91 Å². The van der Waals surface area contributed by atoms with Gasteiger partial charge in [0.2, 0.25) is 0 Å². The van der Waals surface area contributed by atoms with Gasteiger partial charge in [-0.2, -0.15) is 0 Å². The molecule has 2 unspecified atom stereocenters. The smallest absolute Gasteiger partial charge is 0.354 e. The van der Waals surface area contributed by atoms with E-state index in [4.69, 9.17) is 5.11 Å². The standard InChI is InChI=1S/C14H18N2O3/c1-9-4-2-5-10(8-9)15-13(17)11-6-3-7-12(16-11)14(18)19/h3,6-7,9-10H,2,4-5,8H2,1H3,(H,15,17)(H,18,19). The molecule has 1 aromatic heterocycles. The zero-order valence-electron chi connectivity index (χ0n) is 10.9. The molecule has 19 heavy (non-hydrogen) atoms. The number of rotatable bonds is 3. The first-order valence-electron chi connectivity index (χ1n) is 6.57. The largest absolute Gasteiger partial charge is 0.477 e. The lowest BCUT2D eigenvalue weighted by molar-refractivity contribution is 0.0690. The fourth-order valence-electron chi connectivity index (χ4n) is 2.50. The van der Waals surface area contributed by atoms with Crippen molar-refractivity contribution in [3.8, 4) is 0 Å². The van der Waals surface area contributed by atoms with E-state index in [2.05, 4.69) is 17.2 Å². The quantitative estimate of drug-likeness (QED) is 0.874. The van der Waals surface area contributed by atoms with Crippen LogP contribution in [0.1, 0.15) is 53.6 Å². The third-order valence-electron chi connectivity index (χ3n) is 3.47. The van der Waals surface area contributed by atoms with Gasteiger partial charge in [0.05, 0.1) is 0 Å². The van der Waals surface area contributed by atoms with E-state index in [0.717, 1.165) is 19.3 Å². The van der Waals surface area contributed by atoms with Crippen LogP contribution in [0.15, 0.2) is 18.2 Å². The third-order valence-corrected chi connectivity index (χ3v) is 3.47. The number of pyridine rings is 1. The Labute approximate surface area is 112 Å². The van der Waals surface area contributed by atoms with E-state index in [1.54, 1.807) is 0 Å². The maximum Gasteiger partial charge on any atom is 0.354 e. The number of carbonyl (C=O) groups is 2. The zero-order chi connectivity index (χ0) is 13.8. The molecule has 5 nitrogen and oxygen atoms in total. The van der Waals surface area contributed by atoms with Gasteiger partial charge in [-0.25, -0.2) is 9.78 Å². The lowest BCUT2D eigenvalue weighted by Crippen LogP contribution is -2.38. The minimum atomic E-state index is -1.12. The van der Waals surface area contributed by atoms with Crippen LogP contribution in [0, 0.1) is 5.92 Å². The Morgan fingerprint density at radius 1 is 1.32 bits per heavy atom. The molecule has 1 aliphatic rings. The van der Waals surface area contributed by atoms with E-state index in [-0.39, 0.29) is 23.3 Å². The van der Waals surface area contributed by atoms with Gasteiger partial charge in [-0.1, -0.05) is 25.8 Å². The molecule has 1 heterocycles. The first-order chi connectivity index (χ1) is 9.06. The number of hydrogen-bond donors (Lipinski definition) is 2. The normalized spacial score (nSPS) is 22.8. The summed E-state index contributed by atoms with van der Waals surface area (Å²) in [7, 11) is 0. The van der Waals surface area contributed by atoms with Crippen molar-refractivity contribution in [3.63, 3.8) is 0 Å². The molecule has 102 valence electrons. The van der Waals surface area contributed by atoms with Gasteiger partial charge in [-0.3, -0.25) is 4.79 Å². The van der Waals surface area contributed by atoms with Gasteiger partial charge in [0, 0.05) is 6.04 Å². The maximum atomic E-state index is 12.0. The van der Waals surface area contributed by atoms with Crippen molar-refractivity contribution in [2.24, 2.45) is 5.92 Å². The number of aromatic nitrogens is 1. The van der Waals surface area contributed by atoms with Gasteiger partial charge < -0.3 is 10.4 Å². The van der Waals surface area contributed by atoms with Crippen LogP contribution in [-0.2, 0) is 0 Å². The van der Waals surface area contributed by atoms with Crippen LogP contribution in [0.5, 0.6) is 0 Å². The SMILES string of the molecule is CC1CCCC(NC(=O)c2cccc(C(=O)O)n2)C1. The molecule has 0 saturated heterocycles. The van der Waals surface area contributed by atoms with E-state index in [0.29, 0.717) is 5.92 Å². The first kappa shape index (κ1) is 13.5. The number of amides is 1. The summed E-state index contributed by atoms with van der Waals surface area (Å²) in [6.07, 6.45) is 4.28. The summed E-state index contributed by atoms with van der Waals surface area (Å²) in [5, 5.41) is 11.8. The van der Waals surface area contributed by atoms with Crippen molar-refractivity contribution >= 4 is 11.9 Å². The lowest BCUT2D eigenvalue weighted by Gasteiger charge is -2.27. The number of nitrogens with zero attached hydrogens (tertiary/aromatic N) is 1. The Hall–Kier alpha value is -1.91. The van der Waals surface area contributed by atoms with Gasteiger partial charge in [-0.15, -0.1) is 0 Å². The molecule has 1 saturated carbocycles. The molecule has 0 spiro atoms. The van der Waals surface area contributed by atoms with Gasteiger partial charge in [-0.05, 0) is 30.9 Å². The Balaban J connectivity index is 2.03. The minimum absolute atomic E-state index is 0.107. The molecule has 2 N–H and O–H groups in total. The summed E-state index contributed by atoms with van der Waals surface area (Å²) in [5.41, 5.74) is 0.0581. The predicted octanol–water partition coefficient (Wildman–Crippen LogP) is 2.09. The number of carboxylic acid groups (broad SMARTS) is 1. The summed E-state index contributed by atoms with van der Waals surface area (Å²) < 4.78 is 0. The molecule has 1 aliphatic carbocycles. The molecule has 1 aromatic rings. The lowest BCUT2D eigenvalue weighted by atomic mass is 9.87. The second-order valence-corrected chi connectivity index (χ2v) is 5.16. The molecular weight excluding hydrogens is 244 g/mol. The van der Waals surface area contributed by atoms with Crippen molar-refractivity contribution in [2.75, 3.05) is 0 Å². The number of hydrogen-bond acceptors (Lipinski definition) is 3. The van der Waals surface area contributed by atoms with Crippen LogP contribution in [0.4, 0.5) is 0 Å². The Bertz CT molecular complexity index is 487. The molecule has 0 aromatic carbocycles. The highest BCUT2D eigenvalue weighted by atomic mass is 16.4. The summed E-state index contributed by atoms with van der Waals surface area (Å²) in [6, 6.07) is 4.62. The fourth-order valence-corrected chi connectivity index (χ4v) is 2.50. The highest BCUT2D eigenvalue weighted by molar-refractivity contribution is 5.94. The summed E-state index contributed by atoms with van der Waals surface area (Å²) in [6.45, 7) is 2.18. The van der Waals surface area contributed by atoms with Crippen molar-refractivity contribution < 1.29 is 14.7 Å². The number of carboxylic acids is 1. The zero-order valence-corrected chi connectivity index (χ0v) is 10.9. The summed E-state index contributed by atoms with van der Waals surface area (Å²) in [5.74, 6) is -0.791. The van der Waals surface area contributed by atoms with Crippen molar-refractivity contribution in [3.05, 3.63) is 29.6 Å². The van der Waals surface area contributed by atoms with Crippen molar-refractivity contribution in [2.45, 2.75) is 38.6 Å². The van der Waals surface area contributed by atoms with Crippen molar-refractivity contribution in [1.29, 1.82) is 0 Å². The maximum absolute atomic E-state index is 12.0. The molecule has 0 bridgehead atoms. The second-order valence-electron chi connectivity index (χ2n) is 5.16. The predicted molar refractivity (Wildman–Crippen MR) is 70.1 cm³/mol. The number of carbonyl (C=O) groups excluding carboxylic acids is 1.